The van der Waals surface area contributed by atoms with Crippen LogP contribution in [0, 0.1) is 0 Å². The second-order valence-corrected chi connectivity index (χ2v) is 8.36. The lowest BCUT2D eigenvalue weighted by Gasteiger charge is -2.53. The highest BCUT2D eigenvalue weighted by Gasteiger charge is 2.47. The second kappa shape index (κ2) is 8.56. The van der Waals surface area contributed by atoms with Crippen LogP contribution in [-0.4, -0.2) is 54.9 Å². The number of aryl methyl sites for hydroxylation is 1. The highest BCUT2D eigenvalue weighted by molar-refractivity contribution is 5.94. The van der Waals surface area contributed by atoms with Gasteiger partial charge in [0.2, 0.25) is 0 Å². The predicted molar refractivity (Wildman–Crippen MR) is 118 cm³/mol. The van der Waals surface area contributed by atoms with Crippen LogP contribution in [0.25, 0.3) is 11.1 Å². The van der Waals surface area contributed by atoms with Crippen molar-refractivity contribution < 1.29 is 9.90 Å². The molecule has 0 aromatic heterocycles. The fourth-order valence-electron chi connectivity index (χ4n) is 4.95. The highest BCUT2D eigenvalue weighted by Crippen LogP contribution is 2.43. The number of anilines is 1. The molecule has 5 rings (SSSR count). The molecule has 2 aromatic carbocycles. The standard InChI is InChI=1S/C24H31N3O2/c1-25-14-5-6-19-9-10-21(20-7-3-2-4-8-20)22(18-19)27(23(28)29)24-11-15-26(16-12-24)17-13-24/h2-4,7-10,18,25H,5-6,11-17H2,1H3,(H,28,29). The summed E-state index contributed by atoms with van der Waals surface area (Å²) in [7, 11) is 1.96. The Balaban J connectivity index is 1.78. The maximum atomic E-state index is 12.6. The number of carbonyl (C=O) groups is 1. The fraction of sp³-hybridized carbons (Fsp3) is 0.458. The Morgan fingerprint density at radius 1 is 1.10 bits per heavy atom. The zero-order chi connectivity index (χ0) is 20.3. The first kappa shape index (κ1) is 19.9. The van der Waals surface area contributed by atoms with Crippen LogP contribution in [0.3, 0.4) is 0 Å². The Morgan fingerprint density at radius 2 is 1.79 bits per heavy atom. The van der Waals surface area contributed by atoms with Gasteiger partial charge in [-0.2, -0.15) is 0 Å². The first-order valence-corrected chi connectivity index (χ1v) is 10.7. The highest BCUT2D eigenvalue weighted by atomic mass is 16.4. The molecule has 0 saturated carbocycles. The normalized spacial score (nSPS) is 23.1. The SMILES string of the molecule is CNCCCc1ccc(-c2ccccc2)c(N(C(=O)O)C23CCN(CC2)CC3)c1. The zero-order valence-corrected chi connectivity index (χ0v) is 17.2. The lowest BCUT2D eigenvalue weighted by atomic mass is 9.78. The molecule has 0 aliphatic carbocycles. The molecule has 0 spiro atoms. The maximum Gasteiger partial charge on any atom is 0.412 e. The predicted octanol–water partition coefficient (Wildman–Crippen LogP) is 4.23. The summed E-state index contributed by atoms with van der Waals surface area (Å²) in [6.45, 7) is 3.93. The number of nitrogens with one attached hydrogen (secondary N) is 1. The number of piperidine rings is 3. The fourth-order valence-corrected chi connectivity index (χ4v) is 4.95. The van der Waals surface area contributed by atoms with E-state index in [0.717, 1.165) is 75.1 Å². The van der Waals surface area contributed by atoms with E-state index in [4.69, 9.17) is 0 Å². The van der Waals surface area contributed by atoms with Gasteiger partial charge in [0.15, 0.2) is 0 Å². The van der Waals surface area contributed by atoms with Crippen molar-refractivity contribution in [3.05, 3.63) is 54.1 Å². The Morgan fingerprint density at radius 3 is 2.41 bits per heavy atom. The van der Waals surface area contributed by atoms with E-state index in [1.54, 1.807) is 4.90 Å². The molecule has 0 atom stereocenters. The summed E-state index contributed by atoms with van der Waals surface area (Å²) in [6.07, 6.45) is 3.89. The summed E-state index contributed by atoms with van der Waals surface area (Å²) < 4.78 is 0. The van der Waals surface area contributed by atoms with Gasteiger partial charge in [0.25, 0.3) is 0 Å². The molecule has 0 radical (unpaired) electrons. The van der Waals surface area contributed by atoms with E-state index in [1.807, 2.05) is 25.2 Å². The lowest BCUT2D eigenvalue weighted by molar-refractivity contribution is 0.0783. The van der Waals surface area contributed by atoms with Crippen LogP contribution < -0.4 is 10.2 Å². The maximum absolute atomic E-state index is 12.6. The molecule has 5 nitrogen and oxygen atoms in total. The summed E-state index contributed by atoms with van der Waals surface area (Å²) in [5.74, 6) is 0. The summed E-state index contributed by atoms with van der Waals surface area (Å²) in [4.78, 5) is 16.8. The van der Waals surface area contributed by atoms with Crippen molar-refractivity contribution in [2.45, 2.75) is 37.6 Å². The minimum atomic E-state index is -0.829. The van der Waals surface area contributed by atoms with Crippen molar-refractivity contribution in [3.63, 3.8) is 0 Å². The minimum absolute atomic E-state index is 0.284. The van der Waals surface area contributed by atoms with Crippen molar-refractivity contribution in [2.75, 3.05) is 38.1 Å². The van der Waals surface area contributed by atoms with Crippen LogP contribution in [-0.2, 0) is 6.42 Å². The van der Waals surface area contributed by atoms with Gasteiger partial charge in [-0.05, 0) is 62.9 Å². The van der Waals surface area contributed by atoms with Gasteiger partial charge >= 0.3 is 6.09 Å². The van der Waals surface area contributed by atoms with E-state index >= 15 is 0 Å². The third-order valence-corrected chi connectivity index (χ3v) is 6.63. The van der Waals surface area contributed by atoms with E-state index in [0.29, 0.717) is 0 Å². The van der Waals surface area contributed by atoms with Gasteiger partial charge in [-0.1, -0.05) is 42.5 Å². The van der Waals surface area contributed by atoms with Crippen molar-refractivity contribution in [1.82, 2.24) is 10.2 Å². The molecule has 154 valence electrons. The van der Waals surface area contributed by atoms with E-state index < -0.39 is 6.09 Å². The number of carboxylic acid groups (broad SMARTS) is 1. The topological polar surface area (TPSA) is 55.8 Å². The van der Waals surface area contributed by atoms with Crippen molar-refractivity contribution in [1.29, 1.82) is 0 Å². The van der Waals surface area contributed by atoms with Gasteiger partial charge in [0.05, 0.1) is 11.2 Å². The Labute approximate surface area is 173 Å². The Kier molecular flexibility index (Phi) is 5.88. The van der Waals surface area contributed by atoms with Gasteiger partial charge in [0.1, 0.15) is 0 Å². The van der Waals surface area contributed by atoms with Crippen molar-refractivity contribution in [2.24, 2.45) is 0 Å². The summed E-state index contributed by atoms with van der Waals surface area (Å²) in [5, 5.41) is 13.6. The van der Waals surface area contributed by atoms with Crippen molar-refractivity contribution in [3.8, 4) is 11.1 Å². The van der Waals surface area contributed by atoms with Gasteiger partial charge in [0, 0.05) is 25.2 Å². The smallest absolute Gasteiger partial charge is 0.412 e. The summed E-state index contributed by atoms with van der Waals surface area (Å²) in [6, 6.07) is 16.6. The van der Waals surface area contributed by atoms with Gasteiger partial charge < -0.3 is 15.3 Å². The minimum Gasteiger partial charge on any atom is -0.465 e. The average Bonchev–Trinajstić information content (AvgIpc) is 2.76. The van der Waals surface area contributed by atoms with Crippen LogP contribution in [0.5, 0.6) is 0 Å². The number of fused-ring (bicyclic) bond motifs is 3. The number of hydrogen-bond donors (Lipinski definition) is 2. The molecule has 3 heterocycles. The number of rotatable bonds is 7. The molecular weight excluding hydrogens is 362 g/mol. The largest absolute Gasteiger partial charge is 0.465 e. The molecule has 5 heteroatoms. The summed E-state index contributed by atoms with van der Waals surface area (Å²) >= 11 is 0. The first-order valence-electron chi connectivity index (χ1n) is 10.7. The molecule has 3 aliphatic heterocycles. The first-order chi connectivity index (χ1) is 14.1. The quantitative estimate of drug-likeness (QED) is 0.691. The molecule has 3 fully saturated rings. The molecule has 2 bridgehead atoms. The van der Waals surface area contributed by atoms with Crippen LogP contribution in [0.15, 0.2) is 48.5 Å². The van der Waals surface area contributed by atoms with E-state index in [-0.39, 0.29) is 5.54 Å². The molecule has 1 amide bonds. The zero-order valence-electron chi connectivity index (χ0n) is 17.2. The van der Waals surface area contributed by atoms with Crippen LogP contribution in [0.4, 0.5) is 10.5 Å². The van der Waals surface area contributed by atoms with E-state index in [1.165, 1.54) is 5.56 Å². The number of amides is 1. The van der Waals surface area contributed by atoms with Gasteiger partial charge in [-0.3, -0.25) is 4.90 Å². The molecule has 3 aliphatic rings. The average molecular weight is 394 g/mol. The van der Waals surface area contributed by atoms with Crippen LogP contribution in [0.2, 0.25) is 0 Å². The molecule has 2 N–H and O–H groups in total. The molecule has 3 saturated heterocycles. The van der Waals surface area contributed by atoms with Gasteiger partial charge in [-0.25, -0.2) is 4.79 Å². The second-order valence-electron chi connectivity index (χ2n) is 8.36. The van der Waals surface area contributed by atoms with Gasteiger partial charge in [-0.15, -0.1) is 0 Å². The molecule has 2 aromatic rings. The molecule has 0 unspecified atom stereocenters. The number of benzene rings is 2. The Hall–Kier alpha value is -2.37. The summed E-state index contributed by atoms with van der Waals surface area (Å²) in [5.41, 5.74) is 3.84. The molecular formula is C24H31N3O2. The monoisotopic (exact) mass is 393 g/mol. The Bertz CT molecular complexity index is 831. The van der Waals surface area contributed by atoms with Crippen molar-refractivity contribution >= 4 is 11.8 Å². The van der Waals surface area contributed by atoms with Crippen LogP contribution in [0.1, 0.15) is 31.2 Å². The number of nitrogens with zero attached hydrogens (tertiary/aromatic N) is 2. The van der Waals surface area contributed by atoms with Crippen LogP contribution >= 0.6 is 0 Å². The third kappa shape index (κ3) is 4.02. The third-order valence-electron chi connectivity index (χ3n) is 6.63. The van der Waals surface area contributed by atoms with E-state index in [2.05, 4.69) is 40.5 Å². The molecule has 29 heavy (non-hydrogen) atoms. The number of hydrogen-bond acceptors (Lipinski definition) is 3. The lowest BCUT2D eigenvalue weighted by Crippen LogP contribution is -2.62. The van der Waals surface area contributed by atoms with E-state index in [9.17, 15) is 9.90 Å².